The highest BCUT2D eigenvalue weighted by Gasteiger charge is 2.37. The second kappa shape index (κ2) is 3.45. The number of esters is 1. The van der Waals surface area contributed by atoms with Crippen molar-refractivity contribution in [2.75, 3.05) is 18.1 Å². The molecule has 0 bridgehead atoms. The van der Waals surface area contributed by atoms with E-state index in [0.29, 0.717) is 18.1 Å². The molecule has 1 fully saturated rings. The van der Waals surface area contributed by atoms with E-state index >= 15 is 0 Å². The van der Waals surface area contributed by atoms with Gasteiger partial charge < -0.3 is 9.84 Å². The summed E-state index contributed by atoms with van der Waals surface area (Å²) in [4.78, 5) is 10.9. The van der Waals surface area contributed by atoms with Crippen LogP contribution in [0.5, 0.6) is 0 Å². The van der Waals surface area contributed by atoms with Crippen molar-refractivity contribution >= 4 is 17.7 Å². The van der Waals surface area contributed by atoms with Crippen LogP contribution in [-0.4, -0.2) is 34.8 Å². The molecule has 0 aliphatic carbocycles. The Bertz CT molecular complexity index is 154. The van der Waals surface area contributed by atoms with E-state index < -0.39 is 5.60 Å². The van der Waals surface area contributed by atoms with Gasteiger partial charge in [0, 0.05) is 11.5 Å². The summed E-state index contributed by atoms with van der Waals surface area (Å²) in [6.07, 6.45) is 0.147. The quantitative estimate of drug-likeness (QED) is 0.633. The zero-order valence-electron chi connectivity index (χ0n) is 6.50. The molecule has 0 saturated carbocycles. The minimum Gasteiger partial charge on any atom is -0.466 e. The molecule has 1 heterocycles. The first kappa shape index (κ1) is 8.87. The molecule has 0 aromatic carbocycles. The van der Waals surface area contributed by atoms with Crippen LogP contribution in [0.4, 0.5) is 0 Å². The van der Waals surface area contributed by atoms with Crippen LogP contribution in [0.2, 0.25) is 0 Å². The van der Waals surface area contributed by atoms with Crippen molar-refractivity contribution in [3.63, 3.8) is 0 Å². The summed E-state index contributed by atoms with van der Waals surface area (Å²) in [5.41, 5.74) is -0.767. The minimum atomic E-state index is -0.767. The number of hydrogen-bond acceptors (Lipinski definition) is 4. The van der Waals surface area contributed by atoms with Gasteiger partial charge in [-0.05, 0) is 6.92 Å². The van der Waals surface area contributed by atoms with E-state index in [1.54, 1.807) is 18.7 Å². The monoisotopic (exact) mass is 176 g/mol. The number of rotatable bonds is 3. The summed E-state index contributed by atoms with van der Waals surface area (Å²) in [6.45, 7) is 2.15. The predicted molar refractivity (Wildman–Crippen MR) is 43.5 cm³/mol. The molecule has 0 aromatic rings. The topological polar surface area (TPSA) is 46.5 Å². The first-order valence-corrected chi connectivity index (χ1v) is 4.77. The summed E-state index contributed by atoms with van der Waals surface area (Å²) in [5, 5.41) is 9.49. The van der Waals surface area contributed by atoms with Gasteiger partial charge in [0.1, 0.15) is 0 Å². The zero-order valence-corrected chi connectivity index (χ0v) is 7.32. The van der Waals surface area contributed by atoms with Crippen molar-refractivity contribution in [1.82, 2.24) is 0 Å². The largest absolute Gasteiger partial charge is 0.466 e. The summed E-state index contributed by atoms with van der Waals surface area (Å²) < 4.78 is 4.71. The van der Waals surface area contributed by atoms with Gasteiger partial charge in [-0.1, -0.05) is 0 Å². The van der Waals surface area contributed by atoms with Crippen LogP contribution in [0.15, 0.2) is 0 Å². The van der Waals surface area contributed by atoms with Crippen LogP contribution >= 0.6 is 11.8 Å². The van der Waals surface area contributed by atoms with Gasteiger partial charge in [0.15, 0.2) is 0 Å². The van der Waals surface area contributed by atoms with E-state index in [4.69, 9.17) is 4.74 Å². The number of carbonyl (C=O) groups is 1. The Morgan fingerprint density at radius 1 is 1.73 bits per heavy atom. The van der Waals surface area contributed by atoms with Crippen LogP contribution in [0.1, 0.15) is 13.3 Å². The summed E-state index contributed by atoms with van der Waals surface area (Å²) in [5.74, 6) is 1.02. The summed E-state index contributed by atoms with van der Waals surface area (Å²) in [6, 6.07) is 0. The number of ether oxygens (including phenoxy) is 1. The Morgan fingerprint density at radius 3 is 2.73 bits per heavy atom. The molecule has 0 aromatic heterocycles. The zero-order chi connectivity index (χ0) is 8.32. The second-order valence-electron chi connectivity index (χ2n) is 2.70. The molecule has 4 heteroatoms. The SMILES string of the molecule is CCOC(=O)CC1(O)CSC1. The molecule has 0 spiro atoms. The van der Waals surface area contributed by atoms with E-state index in [-0.39, 0.29) is 12.4 Å². The number of carbonyl (C=O) groups excluding carboxylic acids is 1. The normalized spacial score (nSPS) is 20.5. The second-order valence-corrected chi connectivity index (χ2v) is 3.68. The predicted octanol–water partition coefficient (Wildman–Crippen LogP) is 0.418. The van der Waals surface area contributed by atoms with Gasteiger partial charge in [-0.2, -0.15) is 11.8 Å². The fourth-order valence-corrected chi connectivity index (χ4v) is 1.80. The third-order valence-electron chi connectivity index (χ3n) is 1.52. The Kier molecular flexibility index (Phi) is 2.78. The lowest BCUT2D eigenvalue weighted by atomic mass is 10.0. The van der Waals surface area contributed by atoms with E-state index in [0.717, 1.165) is 0 Å². The van der Waals surface area contributed by atoms with Crippen molar-refractivity contribution in [3.05, 3.63) is 0 Å². The van der Waals surface area contributed by atoms with Crippen LogP contribution in [0.3, 0.4) is 0 Å². The third-order valence-corrected chi connectivity index (χ3v) is 3.00. The average Bonchev–Trinajstić information content (AvgIpc) is 1.85. The number of aliphatic hydroxyl groups is 1. The van der Waals surface area contributed by atoms with Crippen LogP contribution in [-0.2, 0) is 9.53 Å². The van der Waals surface area contributed by atoms with E-state index in [1.165, 1.54) is 0 Å². The molecule has 3 nitrogen and oxygen atoms in total. The van der Waals surface area contributed by atoms with Crippen LogP contribution in [0.25, 0.3) is 0 Å². The van der Waals surface area contributed by atoms with Crippen molar-refractivity contribution < 1.29 is 14.6 Å². The van der Waals surface area contributed by atoms with Crippen molar-refractivity contribution in [1.29, 1.82) is 0 Å². The highest BCUT2D eigenvalue weighted by atomic mass is 32.2. The highest BCUT2D eigenvalue weighted by Crippen LogP contribution is 2.32. The minimum absolute atomic E-state index is 0.147. The molecule has 11 heavy (non-hydrogen) atoms. The first-order valence-electron chi connectivity index (χ1n) is 3.62. The van der Waals surface area contributed by atoms with Gasteiger partial charge >= 0.3 is 5.97 Å². The van der Waals surface area contributed by atoms with Gasteiger partial charge in [-0.25, -0.2) is 0 Å². The van der Waals surface area contributed by atoms with E-state index in [1.807, 2.05) is 0 Å². The third kappa shape index (κ3) is 2.38. The summed E-state index contributed by atoms with van der Waals surface area (Å²) >= 11 is 1.65. The smallest absolute Gasteiger partial charge is 0.308 e. The molecule has 1 rings (SSSR count). The van der Waals surface area contributed by atoms with E-state index in [9.17, 15) is 9.90 Å². The van der Waals surface area contributed by atoms with Gasteiger partial charge in [-0.3, -0.25) is 4.79 Å². The molecule has 0 atom stereocenters. The van der Waals surface area contributed by atoms with Gasteiger partial charge in [-0.15, -0.1) is 0 Å². The van der Waals surface area contributed by atoms with Gasteiger partial charge in [0.2, 0.25) is 0 Å². The molecule has 1 N–H and O–H groups in total. The molecule has 1 saturated heterocycles. The molecule has 64 valence electrons. The summed E-state index contributed by atoms with van der Waals surface area (Å²) in [7, 11) is 0. The van der Waals surface area contributed by atoms with Gasteiger partial charge in [0.05, 0.1) is 18.6 Å². The number of hydrogen-bond donors (Lipinski definition) is 1. The maximum Gasteiger partial charge on any atom is 0.308 e. The Morgan fingerprint density at radius 2 is 2.36 bits per heavy atom. The standard InChI is InChI=1S/C7H12O3S/c1-2-10-6(8)3-7(9)4-11-5-7/h9H,2-5H2,1H3. The maximum atomic E-state index is 10.9. The van der Waals surface area contributed by atoms with Crippen LogP contribution < -0.4 is 0 Å². The van der Waals surface area contributed by atoms with Crippen LogP contribution in [0, 0.1) is 0 Å². The molecule has 0 radical (unpaired) electrons. The highest BCUT2D eigenvalue weighted by molar-refractivity contribution is 8.00. The van der Waals surface area contributed by atoms with Crippen molar-refractivity contribution in [2.45, 2.75) is 18.9 Å². The lowest BCUT2D eigenvalue weighted by Gasteiger charge is -2.34. The molecule has 0 unspecified atom stereocenters. The Hall–Kier alpha value is -0.220. The average molecular weight is 176 g/mol. The maximum absolute atomic E-state index is 10.9. The van der Waals surface area contributed by atoms with Crippen molar-refractivity contribution in [3.8, 4) is 0 Å². The molecular weight excluding hydrogens is 164 g/mol. The molecule has 1 aliphatic rings. The first-order chi connectivity index (χ1) is 5.16. The van der Waals surface area contributed by atoms with Gasteiger partial charge in [0.25, 0.3) is 0 Å². The lowest BCUT2D eigenvalue weighted by molar-refractivity contribution is -0.147. The Labute approximate surface area is 70.1 Å². The fraction of sp³-hybridized carbons (Fsp3) is 0.857. The fourth-order valence-electron chi connectivity index (χ4n) is 0.920. The lowest BCUT2D eigenvalue weighted by Crippen LogP contribution is -2.45. The Balaban J connectivity index is 2.23. The van der Waals surface area contributed by atoms with Crippen molar-refractivity contribution in [2.24, 2.45) is 0 Å². The number of thioether (sulfide) groups is 1. The molecular formula is C7H12O3S. The van der Waals surface area contributed by atoms with E-state index in [2.05, 4.69) is 0 Å². The molecule has 0 amide bonds. The molecule has 1 aliphatic heterocycles.